The molecular formula is C20H17ClFNO. The summed E-state index contributed by atoms with van der Waals surface area (Å²) in [7, 11) is 0. The highest BCUT2D eigenvalue weighted by Crippen LogP contribution is 2.34. The van der Waals surface area contributed by atoms with E-state index in [0.717, 1.165) is 11.1 Å². The number of rotatable bonds is 5. The Bertz CT molecular complexity index is 836. The van der Waals surface area contributed by atoms with Gasteiger partial charge in [0.2, 0.25) is 0 Å². The predicted molar refractivity (Wildman–Crippen MR) is 95.5 cm³/mol. The molecule has 3 aromatic rings. The number of hydrogen-bond donors (Lipinski definition) is 1. The molecule has 3 rings (SSSR count). The maximum Gasteiger partial charge on any atom is 0.132 e. The van der Waals surface area contributed by atoms with E-state index in [9.17, 15) is 4.39 Å². The lowest BCUT2D eigenvalue weighted by Gasteiger charge is -2.14. The van der Waals surface area contributed by atoms with Gasteiger partial charge in [0.25, 0.3) is 0 Å². The molecule has 0 spiro atoms. The topological polar surface area (TPSA) is 35.2 Å². The van der Waals surface area contributed by atoms with Crippen LogP contribution in [-0.2, 0) is 13.2 Å². The lowest BCUT2D eigenvalue weighted by Crippen LogP contribution is -2.01. The van der Waals surface area contributed by atoms with E-state index in [-0.39, 0.29) is 5.82 Å². The van der Waals surface area contributed by atoms with Gasteiger partial charge in [-0.05, 0) is 35.4 Å². The second-order valence-corrected chi connectivity index (χ2v) is 5.87. The maximum absolute atomic E-state index is 14.3. The molecule has 4 heteroatoms. The van der Waals surface area contributed by atoms with E-state index in [2.05, 4.69) is 0 Å². The number of ether oxygens (including phenoxy) is 1. The summed E-state index contributed by atoms with van der Waals surface area (Å²) in [6.07, 6.45) is 0. The zero-order chi connectivity index (χ0) is 16.9. The maximum atomic E-state index is 14.3. The highest BCUT2D eigenvalue weighted by Gasteiger charge is 2.12. The van der Waals surface area contributed by atoms with Crippen molar-refractivity contribution in [1.82, 2.24) is 0 Å². The highest BCUT2D eigenvalue weighted by molar-refractivity contribution is 6.30. The zero-order valence-electron chi connectivity index (χ0n) is 13.0. The molecule has 0 atom stereocenters. The normalized spacial score (nSPS) is 10.6. The molecule has 2 nitrogen and oxygen atoms in total. The molecule has 0 saturated carbocycles. The van der Waals surface area contributed by atoms with Crippen molar-refractivity contribution in [2.24, 2.45) is 5.73 Å². The molecule has 0 heterocycles. The van der Waals surface area contributed by atoms with Crippen molar-refractivity contribution in [3.8, 4) is 16.9 Å². The molecule has 0 fully saturated rings. The Kier molecular flexibility index (Phi) is 5.14. The van der Waals surface area contributed by atoms with Crippen LogP contribution in [-0.4, -0.2) is 0 Å². The fraction of sp³-hybridized carbons (Fsp3) is 0.100. The molecule has 0 aromatic heterocycles. The minimum Gasteiger partial charge on any atom is -0.488 e. The van der Waals surface area contributed by atoms with Gasteiger partial charge in [-0.25, -0.2) is 4.39 Å². The third-order valence-electron chi connectivity index (χ3n) is 3.74. The molecule has 0 bridgehead atoms. The third kappa shape index (κ3) is 3.75. The first-order valence-corrected chi connectivity index (χ1v) is 8.00. The lowest BCUT2D eigenvalue weighted by molar-refractivity contribution is 0.307. The van der Waals surface area contributed by atoms with Gasteiger partial charge in [0.05, 0.1) is 0 Å². The van der Waals surface area contributed by atoms with E-state index in [1.807, 2.05) is 48.5 Å². The van der Waals surface area contributed by atoms with Gasteiger partial charge in [0, 0.05) is 22.7 Å². The van der Waals surface area contributed by atoms with Crippen LogP contribution in [0.25, 0.3) is 11.1 Å². The Balaban J connectivity index is 1.96. The largest absolute Gasteiger partial charge is 0.488 e. The molecule has 0 aliphatic heterocycles. The van der Waals surface area contributed by atoms with Crippen LogP contribution in [0.4, 0.5) is 4.39 Å². The van der Waals surface area contributed by atoms with E-state index in [4.69, 9.17) is 22.1 Å². The monoisotopic (exact) mass is 341 g/mol. The van der Waals surface area contributed by atoms with Gasteiger partial charge in [-0.3, -0.25) is 0 Å². The summed E-state index contributed by atoms with van der Waals surface area (Å²) in [6, 6.07) is 20.0. The first-order valence-electron chi connectivity index (χ1n) is 7.62. The first-order chi connectivity index (χ1) is 11.7. The van der Waals surface area contributed by atoms with Crippen LogP contribution >= 0.6 is 11.6 Å². The van der Waals surface area contributed by atoms with Crippen LogP contribution in [0.15, 0.2) is 66.7 Å². The van der Waals surface area contributed by atoms with Crippen LogP contribution in [0.3, 0.4) is 0 Å². The number of nitrogens with two attached hydrogens (primary N) is 1. The van der Waals surface area contributed by atoms with E-state index in [1.165, 1.54) is 6.07 Å². The minimum absolute atomic E-state index is 0.363. The van der Waals surface area contributed by atoms with Gasteiger partial charge in [-0.15, -0.1) is 0 Å². The summed E-state index contributed by atoms with van der Waals surface area (Å²) in [5.74, 6) is 0.218. The van der Waals surface area contributed by atoms with E-state index >= 15 is 0 Å². The summed E-state index contributed by atoms with van der Waals surface area (Å²) in [5.41, 5.74) is 8.81. The highest BCUT2D eigenvalue weighted by atomic mass is 35.5. The van der Waals surface area contributed by atoms with Crippen molar-refractivity contribution in [2.75, 3.05) is 0 Å². The van der Waals surface area contributed by atoms with Gasteiger partial charge in [0.1, 0.15) is 18.2 Å². The Labute approximate surface area is 145 Å². The second-order valence-electron chi connectivity index (χ2n) is 5.43. The smallest absolute Gasteiger partial charge is 0.132 e. The van der Waals surface area contributed by atoms with Crippen molar-refractivity contribution < 1.29 is 9.13 Å². The van der Waals surface area contributed by atoms with Crippen LogP contribution < -0.4 is 10.5 Å². The van der Waals surface area contributed by atoms with Gasteiger partial charge in [-0.1, -0.05) is 54.1 Å². The second kappa shape index (κ2) is 7.47. The number of hydrogen-bond acceptors (Lipinski definition) is 2. The number of benzene rings is 3. The fourth-order valence-corrected chi connectivity index (χ4v) is 2.64. The molecule has 0 radical (unpaired) electrons. The van der Waals surface area contributed by atoms with Crippen LogP contribution in [0, 0.1) is 5.82 Å². The summed E-state index contributed by atoms with van der Waals surface area (Å²) < 4.78 is 20.2. The molecule has 122 valence electrons. The van der Waals surface area contributed by atoms with Crippen LogP contribution in [0.5, 0.6) is 5.75 Å². The Morgan fingerprint density at radius 2 is 1.62 bits per heavy atom. The molecular weight excluding hydrogens is 325 g/mol. The summed E-state index contributed by atoms with van der Waals surface area (Å²) in [4.78, 5) is 0. The molecule has 0 aliphatic rings. The Morgan fingerprint density at radius 1 is 0.875 bits per heavy atom. The first kappa shape index (κ1) is 16.5. The minimum atomic E-state index is -0.382. The molecule has 0 amide bonds. The average molecular weight is 342 g/mol. The summed E-state index contributed by atoms with van der Waals surface area (Å²) >= 11 is 5.85. The SMILES string of the molecule is NCc1ccc(-c2ccc(Cl)cc2F)c(OCc2ccccc2)c1. The van der Waals surface area contributed by atoms with Gasteiger partial charge in [0.15, 0.2) is 0 Å². The standard InChI is InChI=1S/C20H17ClFNO/c21-16-7-9-17(19(22)11-16)18-8-6-15(12-23)10-20(18)24-13-14-4-2-1-3-5-14/h1-11H,12-13,23H2. The van der Waals surface area contributed by atoms with Gasteiger partial charge < -0.3 is 10.5 Å². The molecule has 0 saturated heterocycles. The Hall–Kier alpha value is -2.36. The van der Waals surface area contributed by atoms with E-state index in [1.54, 1.807) is 12.1 Å². The summed E-state index contributed by atoms with van der Waals surface area (Å²) in [6.45, 7) is 0.794. The molecule has 0 unspecified atom stereocenters. The Morgan fingerprint density at radius 3 is 2.33 bits per heavy atom. The van der Waals surface area contributed by atoms with E-state index in [0.29, 0.717) is 35.1 Å². The molecule has 0 aliphatic carbocycles. The van der Waals surface area contributed by atoms with Crippen molar-refractivity contribution in [3.63, 3.8) is 0 Å². The zero-order valence-corrected chi connectivity index (χ0v) is 13.8. The quantitative estimate of drug-likeness (QED) is 0.693. The summed E-state index contributed by atoms with van der Waals surface area (Å²) in [5, 5.41) is 0.363. The molecule has 24 heavy (non-hydrogen) atoms. The van der Waals surface area contributed by atoms with Crippen molar-refractivity contribution in [2.45, 2.75) is 13.2 Å². The molecule has 2 N–H and O–H groups in total. The van der Waals surface area contributed by atoms with Gasteiger partial charge >= 0.3 is 0 Å². The van der Waals surface area contributed by atoms with Crippen LogP contribution in [0.1, 0.15) is 11.1 Å². The third-order valence-corrected chi connectivity index (χ3v) is 3.98. The number of halogens is 2. The van der Waals surface area contributed by atoms with Crippen molar-refractivity contribution >= 4 is 11.6 Å². The molecule has 3 aromatic carbocycles. The van der Waals surface area contributed by atoms with Crippen molar-refractivity contribution in [3.05, 3.63) is 88.7 Å². The average Bonchev–Trinajstić information content (AvgIpc) is 2.61. The van der Waals surface area contributed by atoms with Crippen molar-refractivity contribution in [1.29, 1.82) is 0 Å². The van der Waals surface area contributed by atoms with Crippen LogP contribution in [0.2, 0.25) is 5.02 Å². The van der Waals surface area contributed by atoms with E-state index < -0.39 is 0 Å². The van der Waals surface area contributed by atoms with Gasteiger partial charge in [-0.2, -0.15) is 0 Å². The lowest BCUT2D eigenvalue weighted by atomic mass is 10.0. The fourth-order valence-electron chi connectivity index (χ4n) is 2.48. The predicted octanol–water partition coefficient (Wildman–Crippen LogP) is 5.18.